The monoisotopic (exact) mass is 423 g/mol. The van der Waals surface area contributed by atoms with Crippen molar-refractivity contribution in [2.24, 2.45) is 5.92 Å². The van der Waals surface area contributed by atoms with Gasteiger partial charge in [0.1, 0.15) is 10.8 Å². The Morgan fingerprint density at radius 1 is 1.07 bits per heavy atom. The molecule has 3 aromatic rings. The molecule has 1 fully saturated rings. The van der Waals surface area contributed by atoms with E-state index in [1.807, 2.05) is 35.7 Å². The van der Waals surface area contributed by atoms with Crippen LogP contribution in [-0.2, 0) is 11.3 Å². The van der Waals surface area contributed by atoms with Gasteiger partial charge in [0.05, 0.1) is 12.2 Å². The van der Waals surface area contributed by atoms with E-state index in [0.29, 0.717) is 38.0 Å². The molecule has 5 nitrogen and oxygen atoms in total. The summed E-state index contributed by atoms with van der Waals surface area (Å²) in [5.74, 6) is -0.598. The van der Waals surface area contributed by atoms with E-state index < -0.39 is 0 Å². The summed E-state index contributed by atoms with van der Waals surface area (Å²) >= 11 is 1.53. The molecule has 1 aromatic heterocycles. The molecular weight excluding hydrogens is 401 g/mol. The third-order valence-electron chi connectivity index (χ3n) is 5.28. The molecule has 1 aliphatic heterocycles. The molecule has 1 N–H and O–H groups in total. The molecule has 30 heavy (non-hydrogen) atoms. The van der Waals surface area contributed by atoms with E-state index in [0.717, 1.165) is 16.3 Å². The van der Waals surface area contributed by atoms with Gasteiger partial charge < -0.3 is 10.2 Å². The molecule has 1 aliphatic rings. The fourth-order valence-electron chi connectivity index (χ4n) is 3.56. The van der Waals surface area contributed by atoms with Crippen molar-refractivity contribution in [2.75, 3.05) is 13.1 Å². The first-order chi connectivity index (χ1) is 14.6. The number of nitrogens with one attached hydrogen (secondary N) is 1. The number of halogens is 1. The van der Waals surface area contributed by atoms with Crippen LogP contribution >= 0.6 is 11.3 Å². The Labute approximate surface area is 178 Å². The lowest BCUT2D eigenvalue weighted by molar-refractivity contribution is -0.126. The van der Waals surface area contributed by atoms with Crippen LogP contribution in [0.15, 0.2) is 60.0 Å². The van der Waals surface area contributed by atoms with E-state index in [4.69, 9.17) is 0 Å². The molecule has 0 unspecified atom stereocenters. The van der Waals surface area contributed by atoms with E-state index >= 15 is 0 Å². The number of aromatic nitrogens is 1. The van der Waals surface area contributed by atoms with Crippen molar-refractivity contribution in [2.45, 2.75) is 19.4 Å². The molecule has 0 atom stereocenters. The lowest BCUT2D eigenvalue weighted by atomic mass is 9.95. The van der Waals surface area contributed by atoms with Gasteiger partial charge in [-0.25, -0.2) is 9.37 Å². The van der Waals surface area contributed by atoms with E-state index in [1.54, 1.807) is 4.90 Å². The van der Waals surface area contributed by atoms with Gasteiger partial charge in [-0.1, -0.05) is 30.3 Å². The lowest BCUT2D eigenvalue weighted by Crippen LogP contribution is -2.42. The van der Waals surface area contributed by atoms with Gasteiger partial charge >= 0.3 is 0 Å². The molecule has 0 bridgehead atoms. The van der Waals surface area contributed by atoms with Crippen LogP contribution in [0, 0.1) is 11.7 Å². The molecule has 2 aromatic carbocycles. The number of carbonyl (C=O) groups excluding carboxylic acids is 2. The number of amides is 2. The molecule has 0 saturated carbocycles. The maximum absolute atomic E-state index is 13.0. The number of hydrogen-bond acceptors (Lipinski definition) is 4. The van der Waals surface area contributed by atoms with Gasteiger partial charge in [-0.15, -0.1) is 11.3 Å². The SMILES string of the molecule is O=C(NCc1nc(-c2ccccc2)cs1)C1CCN(C(=O)c2ccc(F)cc2)CC1. The summed E-state index contributed by atoms with van der Waals surface area (Å²) in [5, 5.41) is 5.84. The summed E-state index contributed by atoms with van der Waals surface area (Å²) in [6.45, 7) is 1.44. The van der Waals surface area contributed by atoms with Crippen LogP contribution in [0.3, 0.4) is 0 Å². The number of benzene rings is 2. The quantitative estimate of drug-likeness (QED) is 0.672. The maximum atomic E-state index is 13.0. The highest BCUT2D eigenvalue weighted by molar-refractivity contribution is 7.09. The topological polar surface area (TPSA) is 62.3 Å². The highest BCUT2D eigenvalue weighted by atomic mass is 32.1. The second-order valence-corrected chi connectivity index (χ2v) is 8.23. The Kier molecular flexibility index (Phi) is 6.18. The van der Waals surface area contributed by atoms with Gasteiger partial charge in [-0.2, -0.15) is 0 Å². The van der Waals surface area contributed by atoms with Gasteiger partial charge in [0.2, 0.25) is 5.91 Å². The van der Waals surface area contributed by atoms with Crippen LogP contribution in [0.25, 0.3) is 11.3 Å². The number of thiazole rings is 1. The predicted octanol–water partition coefficient (Wildman–Crippen LogP) is 4.12. The summed E-state index contributed by atoms with van der Waals surface area (Å²) in [4.78, 5) is 31.4. The minimum Gasteiger partial charge on any atom is -0.349 e. The van der Waals surface area contributed by atoms with E-state index in [1.165, 1.54) is 35.6 Å². The first-order valence-corrected chi connectivity index (χ1v) is 10.8. The standard InChI is InChI=1S/C23H22FN3O2S/c24-19-8-6-18(7-9-19)23(29)27-12-10-17(11-13-27)22(28)25-14-21-26-20(15-30-21)16-4-2-1-3-5-16/h1-9,15,17H,10-14H2,(H,25,28). The minimum absolute atomic E-state index is 0.000317. The van der Waals surface area contributed by atoms with Gasteiger partial charge in [-0.3, -0.25) is 9.59 Å². The first-order valence-electron chi connectivity index (χ1n) is 9.92. The number of carbonyl (C=O) groups is 2. The summed E-state index contributed by atoms with van der Waals surface area (Å²) < 4.78 is 13.0. The number of nitrogens with zero attached hydrogens (tertiary/aromatic N) is 2. The largest absolute Gasteiger partial charge is 0.349 e. The van der Waals surface area contributed by atoms with E-state index in [2.05, 4.69) is 10.3 Å². The van der Waals surface area contributed by atoms with Gasteiger partial charge in [0.15, 0.2) is 0 Å². The average Bonchev–Trinajstić information content (AvgIpc) is 3.27. The number of hydrogen-bond donors (Lipinski definition) is 1. The second-order valence-electron chi connectivity index (χ2n) is 7.28. The summed E-state index contributed by atoms with van der Waals surface area (Å²) in [5.41, 5.74) is 2.44. The number of rotatable bonds is 5. The Bertz CT molecular complexity index is 1010. The minimum atomic E-state index is -0.363. The summed E-state index contributed by atoms with van der Waals surface area (Å²) in [6, 6.07) is 15.5. The van der Waals surface area contributed by atoms with Crippen LogP contribution in [0.5, 0.6) is 0 Å². The summed E-state index contributed by atoms with van der Waals surface area (Å²) in [6.07, 6.45) is 1.23. The zero-order valence-electron chi connectivity index (χ0n) is 16.4. The molecule has 154 valence electrons. The zero-order valence-corrected chi connectivity index (χ0v) is 17.2. The van der Waals surface area contributed by atoms with Crippen LogP contribution in [0.1, 0.15) is 28.2 Å². The highest BCUT2D eigenvalue weighted by Gasteiger charge is 2.27. The molecule has 2 amide bonds. The smallest absolute Gasteiger partial charge is 0.253 e. The number of likely N-dealkylation sites (tertiary alicyclic amines) is 1. The Balaban J connectivity index is 1.26. The highest BCUT2D eigenvalue weighted by Crippen LogP contribution is 2.22. The first kappa shape index (κ1) is 20.2. The molecule has 7 heteroatoms. The molecule has 2 heterocycles. The Morgan fingerprint density at radius 2 is 1.77 bits per heavy atom. The van der Waals surface area contributed by atoms with Crippen molar-refractivity contribution < 1.29 is 14.0 Å². The Hall–Kier alpha value is -3.06. The third-order valence-corrected chi connectivity index (χ3v) is 6.13. The maximum Gasteiger partial charge on any atom is 0.253 e. The van der Waals surface area contributed by atoms with Crippen LogP contribution < -0.4 is 5.32 Å². The van der Waals surface area contributed by atoms with Crippen LogP contribution in [-0.4, -0.2) is 34.8 Å². The van der Waals surface area contributed by atoms with Gasteiger partial charge in [0.25, 0.3) is 5.91 Å². The van der Waals surface area contributed by atoms with Gasteiger partial charge in [-0.05, 0) is 37.1 Å². The van der Waals surface area contributed by atoms with Crippen molar-refractivity contribution in [1.82, 2.24) is 15.2 Å². The molecule has 1 saturated heterocycles. The zero-order chi connectivity index (χ0) is 20.9. The van der Waals surface area contributed by atoms with Crippen molar-refractivity contribution in [1.29, 1.82) is 0 Å². The van der Waals surface area contributed by atoms with E-state index in [9.17, 15) is 14.0 Å². The predicted molar refractivity (Wildman–Crippen MR) is 114 cm³/mol. The lowest BCUT2D eigenvalue weighted by Gasteiger charge is -2.31. The van der Waals surface area contributed by atoms with Gasteiger partial charge in [0, 0.05) is 35.5 Å². The number of piperidine rings is 1. The molecular formula is C23H22FN3O2S. The van der Waals surface area contributed by atoms with E-state index in [-0.39, 0.29) is 23.5 Å². The molecule has 0 radical (unpaired) electrons. The normalized spacial score (nSPS) is 14.5. The molecule has 0 spiro atoms. The average molecular weight is 424 g/mol. The fraction of sp³-hybridized carbons (Fsp3) is 0.261. The fourth-order valence-corrected chi connectivity index (χ4v) is 4.30. The third kappa shape index (κ3) is 4.74. The van der Waals surface area contributed by atoms with Crippen molar-refractivity contribution in [3.63, 3.8) is 0 Å². The van der Waals surface area contributed by atoms with Crippen LogP contribution in [0.4, 0.5) is 4.39 Å². The molecule has 4 rings (SSSR count). The van der Waals surface area contributed by atoms with Crippen molar-refractivity contribution in [3.8, 4) is 11.3 Å². The summed E-state index contributed by atoms with van der Waals surface area (Å²) in [7, 11) is 0. The van der Waals surface area contributed by atoms with Crippen molar-refractivity contribution in [3.05, 3.63) is 76.4 Å². The second kappa shape index (κ2) is 9.17. The van der Waals surface area contributed by atoms with Crippen LogP contribution in [0.2, 0.25) is 0 Å². The Morgan fingerprint density at radius 3 is 2.47 bits per heavy atom. The molecule has 0 aliphatic carbocycles. The van der Waals surface area contributed by atoms with Crippen molar-refractivity contribution >= 4 is 23.2 Å².